The quantitative estimate of drug-likeness (QED) is 0.812. The first kappa shape index (κ1) is 13.6. The number of pyridine rings is 1. The largest absolute Gasteiger partial charge is 0.467 e. The van der Waals surface area contributed by atoms with Crippen LogP contribution in [0, 0.1) is 5.82 Å². The molecule has 0 saturated heterocycles. The van der Waals surface area contributed by atoms with Crippen LogP contribution in [0.25, 0.3) is 0 Å². The molecule has 0 amide bonds. The number of nitrogens with one attached hydrogen (secondary N) is 1. The molecule has 1 rings (SSSR count). The average molecular weight is 240 g/mol. The molecular weight excluding hydrogens is 223 g/mol. The van der Waals surface area contributed by atoms with Crippen molar-refractivity contribution in [2.45, 2.75) is 32.4 Å². The molecule has 0 spiro atoms. The molecule has 1 heterocycles. The van der Waals surface area contributed by atoms with Gasteiger partial charge in [-0.3, -0.25) is 10.3 Å². The molecule has 5 heteroatoms. The maximum Gasteiger partial charge on any atom is 0.330 e. The van der Waals surface area contributed by atoms with E-state index in [4.69, 9.17) is 4.74 Å². The Morgan fingerprint density at radius 1 is 1.53 bits per heavy atom. The van der Waals surface area contributed by atoms with Crippen LogP contribution >= 0.6 is 0 Å². The second-order valence-electron chi connectivity index (χ2n) is 4.31. The van der Waals surface area contributed by atoms with Crippen molar-refractivity contribution >= 4 is 5.97 Å². The predicted octanol–water partition coefficient (Wildman–Crippen LogP) is 1.61. The lowest BCUT2D eigenvalue weighted by atomic mass is 9.92. The van der Waals surface area contributed by atoms with Gasteiger partial charge in [-0.05, 0) is 26.8 Å². The minimum absolute atomic E-state index is 0.0439. The highest BCUT2D eigenvalue weighted by molar-refractivity contribution is 5.82. The molecule has 0 saturated carbocycles. The van der Waals surface area contributed by atoms with Crippen molar-refractivity contribution < 1.29 is 13.9 Å². The van der Waals surface area contributed by atoms with Crippen molar-refractivity contribution in [3.8, 4) is 0 Å². The summed E-state index contributed by atoms with van der Waals surface area (Å²) in [6, 6.07) is 1.32. The number of hydrogen-bond acceptors (Lipinski definition) is 4. The zero-order chi connectivity index (χ0) is 13.1. The van der Waals surface area contributed by atoms with E-state index >= 15 is 0 Å². The molecule has 0 bridgehead atoms. The van der Waals surface area contributed by atoms with E-state index in [9.17, 15) is 9.18 Å². The molecule has 1 aromatic heterocycles. The molecule has 17 heavy (non-hydrogen) atoms. The maximum absolute atomic E-state index is 13.2. The van der Waals surface area contributed by atoms with E-state index in [1.165, 1.54) is 19.4 Å². The molecule has 1 aromatic rings. The summed E-state index contributed by atoms with van der Waals surface area (Å²) in [5.41, 5.74) is -0.657. The van der Waals surface area contributed by atoms with Crippen molar-refractivity contribution in [3.63, 3.8) is 0 Å². The molecule has 1 unspecified atom stereocenters. The highest BCUT2D eigenvalue weighted by Crippen LogP contribution is 2.23. The Morgan fingerprint density at radius 3 is 2.65 bits per heavy atom. The van der Waals surface area contributed by atoms with Crippen LogP contribution in [0.3, 0.4) is 0 Å². The summed E-state index contributed by atoms with van der Waals surface area (Å²) in [7, 11) is 1.30. The summed E-state index contributed by atoms with van der Waals surface area (Å²) in [5, 5.41) is 3.07. The average Bonchev–Trinajstić information content (AvgIpc) is 2.26. The van der Waals surface area contributed by atoms with Crippen molar-refractivity contribution in [1.29, 1.82) is 0 Å². The Balaban J connectivity index is 3.18. The monoisotopic (exact) mass is 240 g/mol. The lowest BCUT2D eigenvalue weighted by Crippen LogP contribution is -2.50. The van der Waals surface area contributed by atoms with Gasteiger partial charge in [-0.15, -0.1) is 0 Å². The van der Waals surface area contributed by atoms with Gasteiger partial charge in [0.25, 0.3) is 0 Å². The highest BCUT2D eigenvalue weighted by Gasteiger charge is 2.37. The van der Waals surface area contributed by atoms with Crippen molar-refractivity contribution in [1.82, 2.24) is 10.3 Å². The van der Waals surface area contributed by atoms with E-state index in [1.807, 2.05) is 13.8 Å². The van der Waals surface area contributed by atoms with E-state index < -0.39 is 17.3 Å². The molecule has 94 valence electrons. The van der Waals surface area contributed by atoms with Gasteiger partial charge in [0.05, 0.1) is 13.3 Å². The predicted molar refractivity (Wildman–Crippen MR) is 61.8 cm³/mol. The van der Waals surface area contributed by atoms with Gasteiger partial charge < -0.3 is 4.74 Å². The number of aromatic nitrogens is 1. The number of nitrogens with zero attached hydrogens (tertiary/aromatic N) is 1. The maximum atomic E-state index is 13.2. The van der Waals surface area contributed by atoms with Gasteiger partial charge in [0, 0.05) is 17.8 Å². The van der Waals surface area contributed by atoms with Crippen molar-refractivity contribution in [2.75, 3.05) is 7.11 Å². The smallest absolute Gasteiger partial charge is 0.330 e. The normalized spacial score (nSPS) is 14.5. The zero-order valence-electron chi connectivity index (χ0n) is 10.5. The summed E-state index contributed by atoms with van der Waals surface area (Å²) in [6.07, 6.45) is 2.55. The molecule has 4 nitrogen and oxygen atoms in total. The van der Waals surface area contributed by atoms with Gasteiger partial charge in [-0.1, -0.05) is 0 Å². The highest BCUT2D eigenvalue weighted by atomic mass is 19.1. The van der Waals surface area contributed by atoms with Crippen LogP contribution < -0.4 is 5.32 Å². The van der Waals surface area contributed by atoms with Crippen LogP contribution in [-0.2, 0) is 15.1 Å². The molecule has 0 radical (unpaired) electrons. The first-order valence-corrected chi connectivity index (χ1v) is 5.37. The SMILES string of the molecule is COC(=O)C(C)(NC(C)C)c1cncc(F)c1. The fourth-order valence-corrected chi connectivity index (χ4v) is 1.73. The molecule has 1 N–H and O–H groups in total. The number of ether oxygens (including phenoxy) is 1. The molecule has 0 aliphatic heterocycles. The molecule has 0 aliphatic carbocycles. The van der Waals surface area contributed by atoms with Crippen LogP contribution in [-0.4, -0.2) is 24.1 Å². The lowest BCUT2D eigenvalue weighted by Gasteiger charge is -2.30. The van der Waals surface area contributed by atoms with Crippen molar-refractivity contribution in [2.24, 2.45) is 0 Å². The minimum Gasteiger partial charge on any atom is -0.467 e. The van der Waals surface area contributed by atoms with Gasteiger partial charge in [0.1, 0.15) is 11.4 Å². The Morgan fingerprint density at radius 2 is 2.18 bits per heavy atom. The van der Waals surface area contributed by atoms with E-state index in [0.29, 0.717) is 5.56 Å². The van der Waals surface area contributed by atoms with Gasteiger partial charge in [-0.2, -0.15) is 0 Å². The summed E-state index contributed by atoms with van der Waals surface area (Å²) < 4.78 is 17.9. The number of methoxy groups -OCH3 is 1. The van der Waals surface area contributed by atoms with Gasteiger partial charge in [0.2, 0.25) is 0 Å². The third-order valence-electron chi connectivity index (χ3n) is 2.45. The first-order chi connectivity index (χ1) is 7.90. The molecule has 0 fully saturated rings. The fraction of sp³-hybridized carbons (Fsp3) is 0.500. The van der Waals surface area contributed by atoms with E-state index in [-0.39, 0.29) is 6.04 Å². The zero-order valence-corrected chi connectivity index (χ0v) is 10.5. The topological polar surface area (TPSA) is 51.2 Å². The Kier molecular flexibility index (Phi) is 4.17. The standard InChI is InChI=1S/C12H17FN2O2/c1-8(2)15-12(3,11(16)17-4)9-5-10(13)7-14-6-9/h5-8,15H,1-4H3. The van der Waals surface area contributed by atoms with E-state index in [1.54, 1.807) is 6.92 Å². The number of rotatable bonds is 4. The van der Waals surface area contributed by atoms with E-state index in [0.717, 1.165) is 6.20 Å². The third-order valence-corrected chi connectivity index (χ3v) is 2.45. The van der Waals surface area contributed by atoms with Gasteiger partial charge in [0.15, 0.2) is 0 Å². The van der Waals surface area contributed by atoms with Crippen LogP contribution in [0.15, 0.2) is 18.5 Å². The molecule has 0 aliphatic rings. The summed E-state index contributed by atoms with van der Waals surface area (Å²) in [6.45, 7) is 5.44. The second-order valence-corrected chi connectivity index (χ2v) is 4.31. The number of esters is 1. The number of carbonyl (C=O) groups excluding carboxylic acids is 1. The summed E-state index contributed by atoms with van der Waals surface area (Å²) >= 11 is 0. The Hall–Kier alpha value is -1.49. The van der Waals surface area contributed by atoms with E-state index in [2.05, 4.69) is 10.3 Å². The summed E-state index contributed by atoms with van der Waals surface area (Å²) in [5.74, 6) is -0.957. The number of carbonyl (C=O) groups is 1. The Bertz CT molecular complexity index is 409. The second kappa shape index (κ2) is 5.23. The molecule has 0 aromatic carbocycles. The van der Waals surface area contributed by atoms with Crippen LogP contribution in [0.5, 0.6) is 0 Å². The van der Waals surface area contributed by atoms with Crippen molar-refractivity contribution in [3.05, 3.63) is 29.8 Å². The Labute approximate surface area is 100 Å². The summed E-state index contributed by atoms with van der Waals surface area (Å²) in [4.78, 5) is 15.6. The van der Waals surface area contributed by atoms with Gasteiger partial charge in [-0.25, -0.2) is 9.18 Å². The molecule has 1 atom stereocenters. The van der Waals surface area contributed by atoms with Gasteiger partial charge >= 0.3 is 5.97 Å². The van der Waals surface area contributed by atoms with Crippen LogP contribution in [0.1, 0.15) is 26.3 Å². The van der Waals surface area contributed by atoms with Crippen LogP contribution in [0.2, 0.25) is 0 Å². The number of hydrogen-bond donors (Lipinski definition) is 1. The number of halogens is 1. The fourth-order valence-electron chi connectivity index (χ4n) is 1.73. The third kappa shape index (κ3) is 3.00. The minimum atomic E-state index is -1.10. The molecular formula is C12H17FN2O2. The van der Waals surface area contributed by atoms with Crippen LogP contribution in [0.4, 0.5) is 4.39 Å². The first-order valence-electron chi connectivity index (χ1n) is 5.37. The lowest BCUT2D eigenvalue weighted by molar-refractivity contribution is -0.148.